The summed E-state index contributed by atoms with van der Waals surface area (Å²) in [5.41, 5.74) is 7.93. The molecule has 1 aromatic carbocycles. The number of benzene rings is 1. The number of halogens is 1. The Morgan fingerprint density at radius 3 is 2.43 bits per heavy atom. The Labute approximate surface area is 93.8 Å². The van der Waals surface area contributed by atoms with E-state index in [4.69, 9.17) is 5.73 Å². The van der Waals surface area contributed by atoms with Crippen LogP contribution in [0.15, 0.2) is 28.7 Å². The first-order chi connectivity index (χ1) is 6.41. The summed E-state index contributed by atoms with van der Waals surface area (Å²) < 4.78 is 1.12. The molecule has 1 saturated carbocycles. The second kappa shape index (κ2) is 3.07. The van der Waals surface area contributed by atoms with E-state index >= 15 is 0 Å². The Balaban J connectivity index is 2.25. The second-order valence-electron chi connectivity index (χ2n) is 5.18. The van der Waals surface area contributed by atoms with Gasteiger partial charge in [-0.25, -0.2) is 0 Å². The molecule has 0 atom stereocenters. The fraction of sp³-hybridized carbons (Fsp3) is 0.500. The Morgan fingerprint density at radius 1 is 1.29 bits per heavy atom. The first kappa shape index (κ1) is 10.2. The van der Waals surface area contributed by atoms with Gasteiger partial charge in [-0.1, -0.05) is 41.9 Å². The first-order valence-corrected chi connectivity index (χ1v) is 5.76. The van der Waals surface area contributed by atoms with Crippen molar-refractivity contribution in [3.8, 4) is 0 Å². The molecule has 2 heteroatoms. The van der Waals surface area contributed by atoms with Crippen molar-refractivity contribution in [2.45, 2.75) is 32.2 Å². The molecule has 0 bridgehead atoms. The summed E-state index contributed by atoms with van der Waals surface area (Å²) in [4.78, 5) is 0. The highest BCUT2D eigenvalue weighted by Crippen LogP contribution is 2.51. The Morgan fingerprint density at radius 2 is 1.93 bits per heavy atom. The van der Waals surface area contributed by atoms with Crippen molar-refractivity contribution in [2.24, 2.45) is 11.1 Å². The van der Waals surface area contributed by atoms with Gasteiger partial charge in [0.05, 0.1) is 0 Å². The molecule has 0 unspecified atom stereocenters. The maximum atomic E-state index is 6.35. The van der Waals surface area contributed by atoms with Crippen LogP contribution < -0.4 is 5.73 Å². The average Bonchev–Trinajstić information content (AvgIpc) is 2.00. The highest BCUT2D eigenvalue weighted by molar-refractivity contribution is 9.10. The standard InChI is InChI=1S/C12H16BrN/c1-11(2)7-12(14,8-11)9-4-3-5-10(13)6-9/h3-6H,7-8,14H2,1-2H3. The number of rotatable bonds is 1. The maximum Gasteiger partial charge on any atom is 0.0420 e. The summed E-state index contributed by atoms with van der Waals surface area (Å²) in [6, 6.07) is 8.35. The van der Waals surface area contributed by atoms with Crippen LogP contribution in [0.25, 0.3) is 0 Å². The van der Waals surface area contributed by atoms with Crippen molar-refractivity contribution < 1.29 is 0 Å². The zero-order valence-corrected chi connectivity index (χ0v) is 10.3. The lowest BCUT2D eigenvalue weighted by Crippen LogP contribution is -2.53. The average molecular weight is 254 g/mol. The van der Waals surface area contributed by atoms with Gasteiger partial charge in [-0.15, -0.1) is 0 Å². The summed E-state index contributed by atoms with van der Waals surface area (Å²) in [5, 5.41) is 0. The van der Waals surface area contributed by atoms with Crippen molar-refractivity contribution in [2.75, 3.05) is 0 Å². The third kappa shape index (κ3) is 1.73. The van der Waals surface area contributed by atoms with Crippen LogP contribution in [0.2, 0.25) is 0 Å². The van der Waals surface area contributed by atoms with Gasteiger partial charge in [-0.05, 0) is 36.0 Å². The molecule has 1 aromatic rings. The van der Waals surface area contributed by atoms with E-state index in [0.717, 1.165) is 17.3 Å². The van der Waals surface area contributed by atoms with E-state index in [0.29, 0.717) is 5.41 Å². The van der Waals surface area contributed by atoms with Gasteiger partial charge in [0.25, 0.3) is 0 Å². The summed E-state index contributed by atoms with van der Waals surface area (Å²) in [5.74, 6) is 0. The lowest BCUT2D eigenvalue weighted by molar-refractivity contribution is 0.0618. The van der Waals surface area contributed by atoms with Crippen LogP contribution in [-0.2, 0) is 5.54 Å². The normalized spacial score (nSPS) is 22.9. The highest BCUT2D eigenvalue weighted by Gasteiger charge is 2.47. The topological polar surface area (TPSA) is 26.0 Å². The first-order valence-electron chi connectivity index (χ1n) is 4.96. The number of nitrogens with two attached hydrogens (primary N) is 1. The third-order valence-electron chi connectivity index (χ3n) is 2.99. The molecule has 76 valence electrons. The van der Waals surface area contributed by atoms with Crippen molar-refractivity contribution >= 4 is 15.9 Å². The van der Waals surface area contributed by atoms with Crippen LogP contribution in [0.5, 0.6) is 0 Å². The van der Waals surface area contributed by atoms with E-state index in [1.165, 1.54) is 5.56 Å². The molecule has 0 radical (unpaired) electrons. The van der Waals surface area contributed by atoms with Crippen molar-refractivity contribution in [3.05, 3.63) is 34.3 Å². The molecule has 0 aliphatic heterocycles. The second-order valence-corrected chi connectivity index (χ2v) is 6.10. The largest absolute Gasteiger partial charge is 0.321 e. The molecule has 1 fully saturated rings. The molecule has 1 aliphatic rings. The lowest BCUT2D eigenvalue weighted by Gasteiger charge is -2.51. The van der Waals surface area contributed by atoms with E-state index < -0.39 is 0 Å². The van der Waals surface area contributed by atoms with Gasteiger partial charge in [0.1, 0.15) is 0 Å². The van der Waals surface area contributed by atoms with Crippen molar-refractivity contribution in [1.82, 2.24) is 0 Å². The molecule has 0 spiro atoms. The van der Waals surface area contributed by atoms with E-state index in [-0.39, 0.29) is 5.54 Å². The van der Waals surface area contributed by atoms with Gasteiger partial charge in [-0.3, -0.25) is 0 Å². The van der Waals surface area contributed by atoms with E-state index in [2.05, 4.69) is 48.0 Å². The molecule has 1 nitrogen and oxygen atoms in total. The molecular formula is C12H16BrN. The summed E-state index contributed by atoms with van der Waals surface area (Å²) in [6.45, 7) is 4.55. The predicted molar refractivity (Wildman–Crippen MR) is 63.0 cm³/mol. The van der Waals surface area contributed by atoms with Crippen LogP contribution in [0, 0.1) is 5.41 Å². The third-order valence-corrected chi connectivity index (χ3v) is 3.48. The van der Waals surface area contributed by atoms with E-state index in [1.54, 1.807) is 0 Å². The summed E-state index contributed by atoms with van der Waals surface area (Å²) in [7, 11) is 0. The minimum Gasteiger partial charge on any atom is -0.321 e. The van der Waals surface area contributed by atoms with Gasteiger partial charge >= 0.3 is 0 Å². The van der Waals surface area contributed by atoms with Crippen LogP contribution in [0.3, 0.4) is 0 Å². The Kier molecular flexibility index (Phi) is 2.24. The van der Waals surface area contributed by atoms with Gasteiger partial charge < -0.3 is 5.73 Å². The predicted octanol–water partition coefficient (Wildman–Crippen LogP) is 3.42. The van der Waals surface area contributed by atoms with E-state index in [9.17, 15) is 0 Å². The van der Waals surface area contributed by atoms with Crippen molar-refractivity contribution in [1.29, 1.82) is 0 Å². The Bertz CT molecular complexity index is 349. The quantitative estimate of drug-likeness (QED) is 0.816. The molecule has 0 aromatic heterocycles. The molecule has 2 rings (SSSR count). The number of hydrogen-bond donors (Lipinski definition) is 1. The SMILES string of the molecule is CC1(C)CC(N)(c2cccc(Br)c2)C1. The molecule has 14 heavy (non-hydrogen) atoms. The van der Waals surface area contributed by atoms with Crippen LogP contribution in [0.4, 0.5) is 0 Å². The zero-order chi connectivity index (χ0) is 10.4. The number of hydrogen-bond acceptors (Lipinski definition) is 1. The highest BCUT2D eigenvalue weighted by atomic mass is 79.9. The van der Waals surface area contributed by atoms with Gasteiger partial charge in [-0.2, -0.15) is 0 Å². The van der Waals surface area contributed by atoms with Crippen LogP contribution >= 0.6 is 15.9 Å². The van der Waals surface area contributed by atoms with E-state index in [1.807, 2.05) is 6.07 Å². The van der Waals surface area contributed by atoms with Crippen molar-refractivity contribution in [3.63, 3.8) is 0 Å². The van der Waals surface area contributed by atoms with Crippen LogP contribution in [-0.4, -0.2) is 0 Å². The fourth-order valence-corrected chi connectivity index (χ4v) is 3.06. The van der Waals surface area contributed by atoms with Gasteiger partial charge in [0.2, 0.25) is 0 Å². The molecule has 0 heterocycles. The van der Waals surface area contributed by atoms with Gasteiger partial charge in [0.15, 0.2) is 0 Å². The summed E-state index contributed by atoms with van der Waals surface area (Å²) >= 11 is 3.48. The molecule has 0 saturated heterocycles. The zero-order valence-electron chi connectivity index (χ0n) is 8.68. The molecule has 1 aliphatic carbocycles. The fourth-order valence-electron chi connectivity index (χ4n) is 2.66. The lowest BCUT2D eigenvalue weighted by atomic mass is 9.57. The smallest absolute Gasteiger partial charge is 0.0420 e. The van der Waals surface area contributed by atoms with Crippen LogP contribution in [0.1, 0.15) is 32.3 Å². The Hall–Kier alpha value is -0.340. The maximum absolute atomic E-state index is 6.35. The monoisotopic (exact) mass is 253 g/mol. The van der Waals surface area contributed by atoms with Gasteiger partial charge in [0, 0.05) is 10.0 Å². The minimum absolute atomic E-state index is 0.0900. The minimum atomic E-state index is -0.0900. The summed E-state index contributed by atoms with van der Waals surface area (Å²) in [6.07, 6.45) is 2.16. The molecule has 0 amide bonds. The molecule has 2 N–H and O–H groups in total. The molecular weight excluding hydrogens is 238 g/mol.